The number of aliphatic carboxylic acids is 1. The molecule has 5 heteroatoms. The Hall–Kier alpha value is -0.650. The fraction of sp³-hybridized carbons (Fsp3) is 0.900. The van der Waals surface area contributed by atoms with Gasteiger partial charge in [0.15, 0.2) is 0 Å². The molecular weight excluding hydrogens is 196 g/mol. The summed E-state index contributed by atoms with van der Waals surface area (Å²) in [5.74, 6) is -0.877. The van der Waals surface area contributed by atoms with Crippen molar-refractivity contribution in [2.45, 2.75) is 12.5 Å². The fourth-order valence-corrected chi connectivity index (χ4v) is 2.42. The molecule has 2 N–H and O–H groups in total. The summed E-state index contributed by atoms with van der Waals surface area (Å²) in [7, 11) is 0. The van der Waals surface area contributed by atoms with Crippen LogP contribution in [0.5, 0.6) is 0 Å². The average Bonchev–Trinajstić information content (AvgIpc) is 2.30. The van der Waals surface area contributed by atoms with Gasteiger partial charge in [0.25, 0.3) is 0 Å². The maximum Gasteiger partial charge on any atom is 0.308 e. The van der Waals surface area contributed by atoms with Crippen LogP contribution in [0.2, 0.25) is 0 Å². The molecule has 0 aromatic rings. The minimum atomic E-state index is -0.659. The fourth-order valence-electron chi connectivity index (χ4n) is 2.42. The summed E-state index contributed by atoms with van der Waals surface area (Å²) in [6.45, 7) is 4.77. The molecule has 2 atom stereocenters. The molecule has 2 aliphatic heterocycles. The highest BCUT2D eigenvalue weighted by Crippen LogP contribution is 2.19. The second-order valence-electron chi connectivity index (χ2n) is 4.15. The van der Waals surface area contributed by atoms with E-state index < -0.39 is 5.97 Å². The molecule has 0 amide bonds. The lowest BCUT2D eigenvalue weighted by Crippen LogP contribution is -2.56. The summed E-state index contributed by atoms with van der Waals surface area (Å²) in [6, 6.07) is 0.139. The lowest BCUT2D eigenvalue weighted by Gasteiger charge is -2.40. The summed E-state index contributed by atoms with van der Waals surface area (Å²) < 4.78 is 5.28. The van der Waals surface area contributed by atoms with Crippen LogP contribution in [0.1, 0.15) is 6.42 Å². The topological polar surface area (TPSA) is 61.8 Å². The Kier molecular flexibility index (Phi) is 3.56. The van der Waals surface area contributed by atoms with Gasteiger partial charge in [-0.3, -0.25) is 9.69 Å². The van der Waals surface area contributed by atoms with Crippen LogP contribution in [0, 0.1) is 5.92 Å². The molecule has 2 rings (SSSR count). The van der Waals surface area contributed by atoms with Gasteiger partial charge in [-0.05, 0) is 13.0 Å². The number of nitrogens with zero attached hydrogens (tertiary/aromatic N) is 1. The summed E-state index contributed by atoms with van der Waals surface area (Å²) in [5.41, 5.74) is 0. The highest BCUT2D eigenvalue weighted by atomic mass is 16.5. The molecule has 0 bridgehead atoms. The van der Waals surface area contributed by atoms with Crippen LogP contribution in [0.4, 0.5) is 0 Å². The zero-order valence-electron chi connectivity index (χ0n) is 8.82. The van der Waals surface area contributed by atoms with Gasteiger partial charge in [-0.15, -0.1) is 0 Å². The number of hydrogen-bond donors (Lipinski definition) is 2. The number of piperidine rings is 1. The van der Waals surface area contributed by atoms with Crippen molar-refractivity contribution >= 4 is 5.97 Å². The largest absolute Gasteiger partial charge is 0.481 e. The van der Waals surface area contributed by atoms with E-state index in [1.54, 1.807) is 0 Å². The number of rotatable bonds is 2. The third-order valence-corrected chi connectivity index (χ3v) is 3.28. The van der Waals surface area contributed by atoms with Crippen molar-refractivity contribution in [3.8, 4) is 0 Å². The predicted molar refractivity (Wildman–Crippen MR) is 54.8 cm³/mol. The van der Waals surface area contributed by atoms with E-state index in [9.17, 15) is 4.79 Å². The SMILES string of the molecule is O=C(O)C1CCNCC1N1CCOCC1. The van der Waals surface area contributed by atoms with Crippen LogP contribution in [0.15, 0.2) is 0 Å². The molecular formula is C10H18N2O3. The van der Waals surface area contributed by atoms with Crippen molar-refractivity contribution in [2.75, 3.05) is 39.4 Å². The summed E-state index contributed by atoms with van der Waals surface area (Å²) >= 11 is 0. The molecule has 0 spiro atoms. The molecule has 0 aromatic heterocycles. The van der Waals surface area contributed by atoms with E-state index in [1.165, 1.54) is 0 Å². The minimum Gasteiger partial charge on any atom is -0.481 e. The van der Waals surface area contributed by atoms with E-state index in [0.29, 0.717) is 0 Å². The summed E-state index contributed by atoms with van der Waals surface area (Å²) in [4.78, 5) is 13.4. The smallest absolute Gasteiger partial charge is 0.308 e. The Balaban J connectivity index is 1.99. The number of carboxylic acids is 1. The number of nitrogens with one attached hydrogen (secondary N) is 1. The Labute approximate surface area is 89.4 Å². The second-order valence-corrected chi connectivity index (χ2v) is 4.15. The highest BCUT2D eigenvalue weighted by molar-refractivity contribution is 5.71. The molecule has 2 fully saturated rings. The van der Waals surface area contributed by atoms with Crippen molar-refractivity contribution in [3.63, 3.8) is 0 Å². The number of ether oxygens (including phenoxy) is 1. The van der Waals surface area contributed by atoms with Crippen LogP contribution < -0.4 is 5.32 Å². The van der Waals surface area contributed by atoms with Crippen molar-refractivity contribution in [1.29, 1.82) is 0 Å². The Morgan fingerprint density at radius 2 is 2.13 bits per heavy atom. The molecule has 86 valence electrons. The van der Waals surface area contributed by atoms with Gasteiger partial charge >= 0.3 is 5.97 Å². The predicted octanol–water partition coefficient (Wildman–Crippen LogP) is -0.619. The first-order valence-electron chi connectivity index (χ1n) is 5.54. The molecule has 2 aliphatic rings. The van der Waals surface area contributed by atoms with Crippen molar-refractivity contribution in [2.24, 2.45) is 5.92 Å². The first-order valence-corrected chi connectivity index (χ1v) is 5.54. The Bertz CT molecular complexity index is 229. The van der Waals surface area contributed by atoms with Gasteiger partial charge in [0.2, 0.25) is 0 Å². The van der Waals surface area contributed by atoms with Crippen molar-refractivity contribution in [3.05, 3.63) is 0 Å². The molecule has 0 saturated carbocycles. The van der Waals surface area contributed by atoms with Gasteiger partial charge in [0.05, 0.1) is 19.1 Å². The van der Waals surface area contributed by atoms with Gasteiger partial charge < -0.3 is 15.2 Å². The van der Waals surface area contributed by atoms with Crippen LogP contribution in [0.3, 0.4) is 0 Å². The van der Waals surface area contributed by atoms with E-state index in [0.717, 1.165) is 45.8 Å². The van der Waals surface area contributed by atoms with Gasteiger partial charge in [-0.2, -0.15) is 0 Å². The number of morpholine rings is 1. The summed E-state index contributed by atoms with van der Waals surface area (Å²) in [6.07, 6.45) is 0.733. The van der Waals surface area contributed by atoms with Crippen LogP contribution in [0.25, 0.3) is 0 Å². The van der Waals surface area contributed by atoms with Gasteiger partial charge in [0, 0.05) is 25.7 Å². The monoisotopic (exact) mass is 214 g/mol. The van der Waals surface area contributed by atoms with Gasteiger partial charge in [0.1, 0.15) is 0 Å². The number of carboxylic acid groups (broad SMARTS) is 1. The zero-order chi connectivity index (χ0) is 10.7. The molecule has 2 saturated heterocycles. The lowest BCUT2D eigenvalue weighted by atomic mass is 9.91. The van der Waals surface area contributed by atoms with E-state index >= 15 is 0 Å². The quantitative estimate of drug-likeness (QED) is 0.641. The number of hydrogen-bond acceptors (Lipinski definition) is 4. The van der Waals surface area contributed by atoms with Crippen molar-refractivity contribution < 1.29 is 14.6 Å². The van der Waals surface area contributed by atoms with E-state index in [2.05, 4.69) is 10.2 Å². The van der Waals surface area contributed by atoms with Gasteiger partial charge in [-0.25, -0.2) is 0 Å². The summed E-state index contributed by atoms with van der Waals surface area (Å²) in [5, 5.41) is 12.4. The maximum atomic E-state index is 11.1. The third kappa shape index (κ3) is 2.48. The molecule has 0 aromatic carbocycles. The van der Waals surface area contributed by atoms with E-state index in [4.69, 9.17) is 9.84 Å². The van der Waals surface area contributed by atoms with Crippen LogP contribution >= 0.6 is 0 Å². The van der Waals surface area contributed by atoms with Gasteiger partial charge in [-0.1, -0.05) is 0 Å². The minimum absolute atomic E-state index is 0.139. The molecule has 5 nitrogen and oxygen atoms in total. The Morgan fingerprint density at radius 1 is 1.40 bits per heavy atom. The zero-order valence-corrected chi connectivity index (χ0v) is 8.82. The molecule has 15 heavy (non-hydrogen) atoms. The van der Waals surface area contributed by atoms with Crippen LogP contribution in [-0.4, -0.2) is 61.4 Å². The molecule has 0 aliphatic carbocycles. The molecule has 0 radical (unpaired) electrons. The van der Waals surface area contributed by atoms with E-state index in [1.807, 2.05) is 0 Å². The Morgan fingerprint density at radius 3 is 2.80 bits per heavy atom. The highest BCUT2D eigenvalue weighted by Gasteiger charge is 2.35. The third-order valence-electron chi connectivity index (χ3n) is 3.28. The lowest BCUT2D eigenvalue weighted by molar-refractivity contribution is -0.146. The standard InChI is InChI=1S/C10H18N2O3/c13-10(14)8-1-2-11-7-9(8)12-3-5-15-6-4-12/h8-9,11H,1-7H2,(H,13,14). The molecule has 2 unspecified atom stereocenters. The van der Waals surface area contributed by atoms with E-state index in [-0.39, 0.29) is 12.0 Å². The van der Waals surface area contributed by atoms with Crippen LogP contribution in [-0.2, 0) is 9.53 Å². The first kappa shape index (κ1) is 10.9. The normalized spacial score (nSPS) is 33.9. The molecule has 2 heterocycles. The number of carbonyl (C=O) groups is 1. The average molecular weight is 214 g/mol. The van der Waals surface area contributed by atoms with Crippen molar-refractivity contribution in [1.82, 2.24) is 10.2 Å². The second kappa shape index (κ2) is 4.92. The maximum absolute atomic E-state index is 11.1. The first-order chi connectivity index (χ1) is 7.29.